The fourth-order valence-corrected chi connectivity index (χ4v) is 2.42. The van der Waals surface area contributed by atoms with E-state index in [4.69, 9.17) is 5.73 Å². The van der Waals surface area contributed by atoms with Gasteiger partial charge in [0.15, 0.2) is 0 Å². The van der Waals surface area contributed by atoms with Crippen LogP contribution in [0.5, 0.6) is 0 Å². The molecule has 0 spiro atoms. The van der Waals surface area contributed by atoms with E-state index < -0.39 is 0 Å². The summed E-state index contributed by atoms with van der Waals surface area (Å²) in [6, 6.07) is 10.2. The number of nitrogens with zero attached hydrogens (tertiary/aromatic N) is 2. The van der Waals surface area contributed by atoms with Gasteiger partial charge in [-0.3, -0.25) is 4.68 Å². The fourth-order valence-electron chi connectivity index (χ4n) is 2.02. The lowest BCUT2D eigenvalue weighted by atomic mass is 9.88. The number of aryl methyl sites for hydroxylation is 2. The molecular weight excluding hydrogens is 290 g/mol. The summed E-state index contributed by atoms with van der Waals surface area (Å²) in [6.45, 7) is 2.07. The molecule has 0 aliphatic rings. The van der Waals surface area contributed by atoms with Crippen LogP contribution in [0.1, 0.15) is 24.6 Å². The molecule has 0 fully saturated rings. The number of halogens is 1. The Morgan fingerprint density at radius 1 is 1.39 bits per heavy atom. The maximum atomic E-state index is 6.42. The first-order valence-electron chi connectivity index (χ1n) is 6.01. The predicted octanol–water partition coefficient (Wildman–Crippen LogP) is 2.99. The molecule has 3 nitrogen and oxygen atoms in total. The van der Waals surface area contributed by atoms with Gasteiger partial charge in [-0.15, -0.1) is 0 Å². The minimum Gasteiger partial charge on any atom is -0.322 e. The number of hydrogen-bond donors (Lipinski definition) is 1. The molecule has 2 aromatic rings. The molecule has 1 atom stereocenters. The van der Waals surface area contributed by atoms with Crippen molar-refractivity contribution < 1.29 is 0 Å². The van der Waals surface area contributed by atoms with Crippen LogP contribution in [0, 0.1) is 0 Å². The molecule has 0 saturated heterocycles. The van der Waals surface area contributed by atoms with Gasteiger partial charge in [0, 0.05) is 29.0 Å². The fraction of sp³-hybridized carbons (Fsp3) is 0.357. The van der Waals surface area contributed by atoms with Crippen molar-refractivity contribution in [2.45, 2.75) is 25.3 Å². The lowest BCUT2D eigenvalue weighted by Gasteiger charge is -2.25. The van der Waals surface area contributed by atoms with Crippen molar-refractivity contribution in [2.75, 3.05) is 0 Å². The van der Waals surface area contributed by atoms with E-state index in [-0.39, 0.29) is 5.54 Å². The van der Waals surface area contributed by atoms with Crippen molar-refractivity contribution in [1.29, 1.82) is 0 Å². The van der Waals surface area contributed by atoms with Crippen LogP contribution < -0.4 is 5.73 Å². The van der Waals surface area contributed by atoms with E-state index in [1.54, 1.807) is 0 Å². The summed E-state index contributed by atoms with van der Waals surface area (Å²) in [5.74, 6) is 0. The summed E-state index contributed by atoms with van der Waals surface area (Å²) >= 11 is 3.49. The Morgan fingerprint density at radius 2 is 2.17 bits per heavy atom. The first-order chi connectivity index (χ1) is 8.49. The zero-order chi connectivity index (χ0) is 13.2. The van der Waals surface area contributed by atoms with Crippen molar-refractivity contribution in [2.24, 2.45) is 12.8 Å². The lowest BCUT2D eigenvalue weighted by Crippen LogP contribution is -2.33. The van der Waals surface area contributed by atoms with Crippen LogP contribution >= 0.6 is 15.9 Å². The molecule has 2 N–H and O–H groups in total. The average Bonchev–Trinajstić information content (AvgIpc) is 2.72. The van der Waals surface area contributed by atoms with Crippen molar-refractivity contribution in [3.05, 3.63) is 52.3 Å². The summed E-state index contributed by atoms with van der Waals surface area (Å²) in [7, 11) is 1.96. The van der Waals surface area contributed by atoms with Crippen LogP contribution in [-0.2, 0) is 19.0 Å². The van der Waals surface area contributed by atoms with Gasteiger partial charge in [-0.25, -0.2) is 0 Å². The molecule has 1 unspecified atom stereocenters. The standard InChI is InChI=1S/C14H18BrN3/c1-14(16,11-4-3-5-12(15)10-11)8-6-13-7-9-17-18(13)2/h3-5,7,9-10H,6,8,16H2,1-2H3. The molecule has 0 aliphatic carbocycles. The second-order valence-corrected chi connectivity index (χ2v) is 5.79. The zero-order valence-electron chi connectivity index (χ0n) is 10.7. The number of hydrogen-bond acceptors (Lipinski definition) is 2. The Balaban J connectivity index is 2.10. The van der Waals surface area contributed by atoms with E-state index in [9.17, 15) is 0 Å². The Labute approximate surface area is 116 Å². The monoisotopic (exact) mass is 307 g/mol. The molecular formula is C14H18BrN3. The van der Waals surface area contributed by atoms with Gasteiger partial charge in [0.2, 0.25) is 0 Å². The zero-order valence-corrected chi connectivity index (χ0v) is 12.3. The third kappa shape index (κ3) is 3.00. The smallest absolute Gasteiger partial charge is 0.0492 e. The molecule has 0 saturated carbocycles. The molecule has 0 aliphatic heterocycles. The van der Waals surface area contributed by atoms with Crippen LogP contribution in [0.4, 0.5) is 0 Å². The van der Waals surface area contributed by atoms with Crippen LogP contribution in [0.25, 0.3) is 0 Å². The highest BCUT2D eigenvalue weighted by atomic mass is 79.9. The minimum atomic E-state index is -0.325. The van der Waals surface area contributed by atoms with E-state index in [1.807, 2.05) is 36.1 Å². The van der Waals surface area contributed by atoms with Crippen LogP contribution in [0.2, 0.25) is 0 Å². The summed E-state index contributed by atoms with van der Waals surface area (Å²) < 4.78 is 2.97. The first kappa shape index (κ1) is 13.3. The molecule has 0 bridgehead atoms. The van der Waals surface area contributed by atoms with Gasteiger partial charge in [0.05, 0.1) is 0 Å². The molecule has 4 heteroatoms. The molecule has 18 heavy (non-hydrogen) atoms. The Bertz CT molecular complexity index is 531. The Hall–Kier alpha value is -1.13. The molecule has 1 heterocycles. The van der Waals surface area contributed by atoms with Crippen LogP contribution in [-0.4, -0.2) is 9.78 Å². The summed E-state index contributed by atoms with van der Waals surface area (Å²) in [5.41, 5.74) is 8.46. The van der Waals surface area contributed by atoms with Gasteiger partial charge in [-0.05, 0) is 43.5 Å². The van der Waals surface area contributed by atoms with Gasteiger partial charge >= 0.3 is 0 Å². The third-order valence-corrected chi connectivity index (χ3v) is 3.80. The normalized spacial score (nSPS) is 14.4. The molecule has 0 amide bonds. The molecule has 1 aromatic carbocycles. The van der Waals surface area contributed by atoms with Crippen molar-refractivity contribution in [3.63, 3.8) is 0 Å². The Morgan fingerprint density at radius 3 is 2.78 bits per heavy atom. The topological polar surface area (TPSA) is 43.8 Å². The lowest BCUT2D eigenvalue weighted by molar-refractivity contribution is 0.445. The summed E-state index contributed by atoms with van der Waals surface area (Å²) in [4.78, 5) is 0. The van der Waals surface area contributed by atoms with E-state index in [1.165, 1.54) is 5.69 Å². The minimum absolute atomic E-state index is 0.325. The first-order valence-corrected chi connectivity index (χ1v) is 6.80. The highest BCUT2D eigenvalue weighted by Gasteiger charge is 2.21. The van der Waals surface area contributed by atoms with Crippen molar-refractivity contribution >= 4 is 15.9 Å². The second-order valence-electron chi connectivity index (χ2n) is 4.87. The molecule has 0 radical (unpaired) electrons. The summed E-state index contributed by atoms with van der Waals surface area (Å²) in [6.07, 6.45) is 3.64. The van der Waals surface area contributed by atoms with E-state index in [0.29, 0.717) is 0 Å². The van der Waals surface area contributed by atoms with Gasteiger partial charge in [0.1, 0.15) is 0 Å². The maximum absolute atomic E-state index is 6.42. The van der Waals surface area contributed by atoms with Gasteiger partial charge in [-0.2, -0.15) is 5.10 Å². The van der Waals surface area contributed by atoms with Crippen LogP contribution in [0.15, 0.2) is 41.0 Å². The number of aromatic nitrogens is 2. The van der Waals surface area contributed by atoms with Crippen molar-refractivity contribution in [1.82, 2.24) is 9.78 Å². The van der Waals surface area contributed by atoms with E-state index in [2.05, 4.69) is 40.1 Å². The second kappa shape index (κ2) is 5.24. The highest BCUT2D eigenvalue weighted by Crippen LogP contribution is 2.25. The number of rotatable bonds is 4. The van der Waals surface area contributed by atoms with E-state index in [0.717, 1.165) is 22.9 Å². The highest BCUT2D eigenvalue weighted by molar-refractivity contribution is 9.10. The average molecular weight is 308 g/mol. The van der Waals surface area contributed by atoms with Crippen LogP contribution in [0.3, 0.4) is 0 Å². The van der Waals surface area contributed by atoms with Gasteiger partial charge in [0.25, 0.3) is 0 Å². The molecule has 2 rings (SSSR count). The summed E-state index contributed by atoms with van der Waals surface area (Å²) in [5, 5.41) is 4.17. The van der Waals surface area contributed by atoms with E-state index >= 15 is 0 Å². The quantitative estimate of drug-likeness (QED) is 0.943. The maximum Gasteiger partial charge on any atom is 0.0492 e. The molecule has 96 valence electrons. The molecule has 1 aromatic heterocycles. The number of benzene rings is 1. The van der Waals surface area contributed by atoms with Crippen molar-refractivity contribution in [3.8, 4) is 0 Å². The SMILES string of the molecule is Cn1nccc1CCC(C)(N)c1cccc(Br)c1. The van der Waals surface area contributed by atoms with Gasteiger partial charge in [-0.1, -0.05) is 28.1 Å². The third-order valence-electron chi connectivity index (χ3n) is 3.31. The number of nitrogens with two attached hydrogens (primary N) is 1. The predicted molar refractivity (Wildman–Crippen MR) is 77.2 cm³/mol. The van der Waals surface area contributed by atoms with Gasteiger partial charge < -0.3 is 5.73 Å². The Kier molecular flexibility index (Phi) is 3.88. The largest absolute Gasteiger partial charge is 0.322 e.